The van der Waals surface area contributed by atoms with Gasteiger partial charge in [0.25, 0.3) is 0 Å². The minimum atomic E-state index is -0.379. The van der Waals surface area contributed by atoms with Crippen molar-refractivity contribution in [1.29, 1.82) is 0 Å². The van der Waals surface area contributed by atoms with Gasteiger partial charge >= 0.3 is 5.97 Å². The lowest BCUT2D eigenvalue weighted by Gasteiger charge is -2.06. The lowest BCUT2D eigenvalue weighted by Crippen LogP contribution is -2.05. The van der Waals surface area contributed by atoms with E-state index in [1.54, 1.807) is 19.2 Å². The Morgan fingerprint density at radius 3 is 2.84 bits per heavy atom. The highest BCUT2D eigenvalue weighted by Gasteiger charge is 2.08. The summed E-state index contributed by atoms with van der Waals surface area (Å²) in [4.78, 5) is 15.7. The van der Waals surface area contributed by atoms with E-state index in [1.165, 1.54) is 6.20 Å². The van der Waals surface area contributed by atoms with Crippen molar-refractivity contribution < 1.29 is 14.6 Å². The summed E-state index contributed by atoms with van der Waals surface area (Å²) >= 11 is 0. The van der Waals surface area contributed by atoms with Crippen LogP contribution in [-0.2, 0) is 11.3 Å². The van der Waals surface area contributed by atoms with Crippen LogP contribution in [0.2, 0.25) is 0 Å². The summed E-state index contributed by atoms with van der Waals surface area (Å²) in [6, 6.07) is 9.21. The number of hydrogen-bond acceptors (Lipinski definition) is 4. The van der Waals surface area contributed by atoms with E-state index in [4.69, 9.17) is 9.84 Å². The normalized spacial score (nSPS) is 10.2. The van der Waals surface area contributed by atoms with E-state index >= 15 is 0 Å². The minimum absolute atomic E-state index is 0.0150. The number of aliphatic hydroxyl groups excluding tert-OH is 1. The summed E-state index contributed by atoms with van der Waals surface area (Å²) in [6.45, 7) is 2.09. The van der Waals surface area contributed by atoms with Gasteiger partial charge in [-0.15, -0.1) is 0 Å². The second-order valence-electron chi connectivity index (χ2n) is 4.04. The number of carbonyl (C=O) groups excluding carboxylic acids is 1. The maximum Gasteiger partial charge on any atom is 0.339 e. The molecule has 0 unspecified atom stereocenters. The van der Waals surface area contributed by atoms with Crippen LogP contribution in [0.4, 0.5) is 0 Å². The molecule has 0 aliphatic rings. The number of pyridine rings is 1. The summed E-state index contributed by atoms with van der Waals surface area (Å²) in [5.74, 6) is -0.379. The number of carbonyl (C=O) groups is 1. The number of esters is 1. The number of benzene rings is 1. The molecule has 0 aliphatic heterocycles. The first-order valence-corrected chi connectivity index (χ1v) is 6.07. The van der Waals surface area contributed by atoms with Crippen LogP contribution in [0, 0.1) is 0 Å². The average molecular weight is 257 g/mol. The fraction of sp³-hybridized carbons (Fsp3) is 0.200. The van der Waals surface area contributed by atoms with Crippen LogP contribution in [0.15, 0.2) is 42.7 Å². The van der Waals surface area contributed by atoms with Crippen LogP contribution < -0.4 is 0 Å². The van der Waals surface area contributed by atoms with Gasteiger partial charge in [0.05, 0.1) is 18.8 Å². The molecule has 0 saturated heterocycles. The molecular weight excluding hydrogens is 242 g/mol. The Balaban J connectivity index is 2.34. The quantitative estimate of drug-likeness (QED) is 0.854. The molecule has 4 nitrogen and oxygen atoms in total. The molecule has 0 fully saturated rings. The van der Waals surface area contributed by atoms with Crippen LogP contribution in [-0.4, -0.2) is 22.7 Å². The first kappa shape index (κ1) is 13.2. The Kier molecular flexibility index (Phi) is 4.26. The van der Waals surface area contributed by atoms with Gasteiger partial charge in [0.15, 0.2) is 0 Å². The van der Waals surface area contributed by atoms with Crippen molar-refractivity contribution in [2.24, 2.45) is 0 Å². The molecule has 0 saturated carbocycles. The van der Waals surface area contributed by atoms with Gasteiger partial charge in [-0.25, -0.2) is 4.79 Å². The predicted octanol–water partition coefficient (Wildman–Crippen LogP) is 2.42. The SMILES string of the molecule is CCOC(=O)c1cncc(-c2cccc(CO)c2)c1. The van der Waals surface area contributed by atoms with Crippen LogP contribution in [0.3, 0.4) is 0 Å². The smallest absolute Gasteiger partial charge is 0.339 e. The largest absolute Gasteiger partial charge is 0.462 e. The van der Waals surface area contributed by atoms with Crippen molar-refractivity contribution in [3.05, 3.63) is 53.9 Å². The molecule has 1 N–H and O–H groups in total. The molecule has 0 amide bonds. The zero-order chi connectivity index (χ0) is 13.7. The third-order valence-corrected chi connectivity index (χ3v) is 2.69. The molecule has 98 valence electrons. The highest BCUT2D eigenvalue weighted by Crippen LogP contribution is 2.21. The Morgan fingerprint density at radius 1 is 1.26 bits per heavy atom. The lowest BCUT2D eigenvalue weighted by atomic mass is 10.0. The molecule has 0 spiro atoms. The third-order valence-electron chi connectivity index (χ3n) is 2.69. The molecule has 4 heteroatoms. The van der Waals surface area contributed by atoms with Crippen molar-refractivity contribution in [3.8, 4) is 11.1 Å². The van der Waals surface area contributed by atoms with Crippen molar-refractivity contribution in [3.63, 3.8) is 0 Å². The Morgan fingerprint density at radius 2 is 2.11 bits per heavy atom. The molecule has 0 radical (unpaired) electrons. The van der Waals surface area contributed by atoms with Crippen molar-refractivity contribution >= 4 is 5.97 Å². The maximum absolute atomic E-state index is 11.6. The van der Waals surface area contributed by atoms with Crippen LogP contribution >= 0.6 is 0 Å². The second kappa shape index (κ2) is 6.11. The second-order valence-corrected chi connectivity index (χ2v) is 4.04. The van der Waals surface area contributed by atoms with E-state index < -0.39 is 0 Å². The van der Waals surface area contributed by atoms with Crippen molar-refractivity contribution in [1.82, 2.24) is 4.98 Å². The molecular formula is C15H15NO3. The number of aromatic nitrogens is 1. The van der Waals surface area contributed by atoms with Gasteiger partial charge < -0.3 is 9.84 Å². The summed E-state index contributed by atoms with van der Waals surface area (Å²) in [5.41, 5.74) is 2.97. The topological polar surface area (TPSA) is 59.4 Å². The number of aliphatic hydroxyl groups is 1. The zero-order valence-corrected chi connectivity index (χ0v) is 10.7. The molecule has 1 aromatic heterocycles. The van der Waals surface area contributed by atoms with Crippen LogP contribution in [0.25, 0.3) is 11.1 Å². The minimum Gasteiger partial charge on any atom is -0.462 e. The van der Waals surface area contributed by atoms with E-state index in [-0.39, 0.29) is 12.6 Å². The highest BCUT2D eigenvalue weighted by molar-refractivity contribution is 5.90. The van der Waals surface area contributed by atoms with E-state index in [2.05, 4.69) is 4.98 Å². The molecule has 1 aromatic carbocycles. The number of rotatable bonds is 4. The predicted molar refractivity (Wildman–Crippen MR) is 71.6 cm³/mol. The van der Waals surface area contributed by atoms with Gasteiger partial charge in [0, 0.05) is 18.0 Å². The van der Waals surface area contributed by atoms with Gasteiger partial charge in [-0.1, -0.05) is 18.2 Å². The summed E-state index contributed by atoms with van der Waals surface area (Å²) < 4.78 is 4.94. The average Bonchev–Trinajstić information content (AvgIpc) is 2.48. The first-order valence-electron chi connectivity index (χ1n) is 6.07. The Bertz CT molecular complexity index is 581. The summed E-state index contributed by atoms with van der Waals surface area (Å²) in [6.07, 6.45) is 3.16. The highest BCUT2D eigenvalue weighted by atomic mass is 16.5. The number of nitrogens with zero attached hydrogens (tertiary/aromatic N) is 1. The van der Waals surface area contributed by atoms with Crippen LogP contribution in [0.1, 0.15) is 22.8 Å². The van der Waals surface area contributed by atoms with Gasteiger partial charge in [0.1, 0.15) is 0 Å². The number of hydrogen-bond donors (Lipinski definition) is 1. The van der Waals surface area contributed by atoms with Crippen LogP contribution in [0.5, 0.6) is 0 Å². The van der Waals surface area contributed by atoms with E-state index in [0.717, 1.165) is 16.7 Å². The molecule has 0 atom stereocenters. The van der Waals surface area contributed by atoms with Gasteiger partial charge in [-0.05, 0) is 30.2 Å². The molecule has 2 aromatic rings. The molecule has 19 heavy (non-hydrogen) atoms. The lowest BCUT2D eigenvalue weighted by molar-refractivity contribution is 0.0526. The van der Waals surface area contributed by atoms with Crippen molar-refractivity contribution in [2.75, 3.05) is 6.61 Å². The standard InChI is InChI=1S/C15H15NO3/c1-2-19-15(18)14-7-13(8-16-9-14)12-5-3-4-11(6-12)10-17/h3-9,17H,2,10H2,1H3. The van der Waals surface area contributed by atoms with Gasteiger partial charge in [-0.2, -0.15) is 0 Å². The molecule has 0 aliphatic carbocycles. The zero-order valence-electron chi connectivity index (χ0n) is 10.7. The van der Waals surface area contributed by atoms with E-state index in [1.807, 2.05) is 24.3 Å². The molecule has 1 heterocycles. The van der Waals surface area contributed by atoms with Gasteiger partial charge in [-0.3, -0.25) is 4.98 Å². The monoisotopic (exact) mass is 257 g/mol. The first-order chi connectivity index (χ1) is 9.24. The maximum atomic E-state index is 11.6. The Hall–Kier alpha value is -2.20. The Labute approximate surface area is 111 Å². The van der Waals surface area contributed by atoms with E-state index in [9.17, 15) is 4.79 Å². The fourth-order valence-corrected chi connectivity index (χ4v) is 1.77. The van der Waals surface area contributed by atoms with Crippen molar-refractivity contribution in [2.45, 2.75) is 13.5 Å². The molecule has 0 bridgehead atoms. The fourth-order valence-electron chi connectivity index (χ4n) is 1.77. The summed E-state index contributed by atoms with van der Waals surface area (Å²) in [7, 11) is 0. The molecule has 2 rings (SSSR count). The summed E-state index contributed by atoms with van der Waals surface area (Å²) in [5, 5.41) is 9.13. The number of ether oxygens (including phenoxy) is 1. The third kappa shape index (κ3) is 3.17. The van der Waals surface area contributed by atoms with E-state index in [0.29, 0.717) is 12.2 Å². The van der Waals surface area contributed by atoms with Gasteiger partial charge in [0.2, 0.25) is 0 Å².